The normalized spacial score (nSPS) is 11.0. The van der Waals surface area contributed by atoms with Crippen LogP contribution < -0.4 is 4.74 Å². The molecule has 0 aromatic heterocycles. The van der Waals surface area contributed by atoms with Crippen LogP contribution in [0.4, 0.5) is 0 Å². The maximum Gasteiger partial charge on any atom is 0.338 e. The summed E-state index contributed by atoms with van der Waals surface area (Å²) in [6.07, 6.45) is 0. The summed E-state index contributed by atoms with van der Waals surface area (Å²) in [7, 11) is -3.58. The Morgan fingerprint density at radius 3 is 1.86 bits per heavy atom. The van der Waals surface area contributed by atoms with E-state index in [1.807, 2.05) is 6.92 Å². The molecule has 2 rings (SSSR count). The van der Waals surface area contributed by atoms with Crippen LogP contribution in [0.1, 0.15) is 12.5 Å². The fourth-order valence-electron chi connectivity index (χ4n) is 1.73. The van der Waals surface area contributed by atoms with E-state index in [1.165, 1.54) is 24.3 Å². The van der Waals surface area contributed by atoms with Crippen molar-refractivity contribution in [3.05, 3.63) is 66.2 Å². The highest BCUT2D eigenvalue weighted by atomic mass is 32.2. The van der Waals surface area contributed by atoms with E-state index in [0.717, 1.165) is 5.56 Å². The van der Waals surface area contributed by atoms with Crippen molar-refractivity contribution in [3.8, 4) is 5.75 Å². The third kappa shape index (κ3) is 3.43. The molecule has 0 fully saturated rings. The summed E-state index contributed by atoms with van der Waals surface area (Å²) in [5.74, 6) is -0.273. The highest BCUT2D eigenvalue weighted by molar-refractivity contribution is 7.91. The van der Waals surface area contributed by atoms with Gasteiger partial charge in [-0.2, -0.15) is 0 Å². The van der Waals surface area contributed by atoms with Crippen molar-refractivity contribution in [1.29, 1.82) is 0 Å². The van der Waals surface area contributed by atoms with Crippen LogP contribution >= 0.6 is 0 Å². The Labute approximate surface area is 130 Å². The SMILES string of the molecule is C=C(C)C(=O)Oc1ccc(S(=O)(=O)c2ccc(C)cc2)cc1. The number of hydrogen-bond donors (Lipinski definition) is 0. The molecule has 0 amide bonds. The summed E-state index contributed by atoms with van der Waals surface area (Å²) < 4.78 is 30.0. The second-order valence-electron chi connectivity index (χ2n) is 4.96. The smallest absolute Gasteiger partial charge is 0.338 e. The molecule has 0 saturated carbocycles. The number of esters is 1. The average molecular weight is 316 g/mol. The summed E-state index contributed by atoms with van der Waals surface area (Å²) in [6, 6.07) is 12.3. The van der Waals surface area contributed by atoms with Crippen molar-refractivity contribution in [2.45, 2.75) is 23.6 Å². The zero-order valence-electron chi connectivity index (χ0n) is 12.4. The lowest BCUT2D eigenvalue weighted by Crippen LogP contribution is -2.08. The van der Waals surface area contributed by atoms with Gasteiger partial charge in [0.15, 0.2) is 0 Å². The fraction of sp³-hybridized carbons (Fsp3) is 0.118. The number of carbonyl (C=O) groups is 1. The van der Waals surface area contributed by atoms with E-state index in [1.54, 1.807) is 31.2 Å². The monoisotopic (exact) mass is 316 g/mol. The summed E-state index contributed by atoms with van der Waals surface area (Å²) >= 11 is 0. The van der Waals surface area contributed by atoms with Crippen molar-refractivity contribution in [3.63, 3.8) is 0 Å². The van der Waals surface area contributed by atoms with E-state index in [9.17, 15) is 13.2 Å². The van der Waals surface area contributed by atoms with Gasteiger partial charge in [-0.3, -0.25) is 0 Å². The minimum Gasteiger partial charge on any atom is -0.423 e. The molecule has 0 heterocycles. The van der Waals surface area contributed by atoms with Crippen molar-refractivity contribution < 1.29 is 17.9 Å². The lowest BCUT2D eigenvalue weighted by molar-refractivity contribution is -0.130. The van der Waals surface area contributed by atoms with Crippen molar-refractivity contribution in [2.24, 2.45) is 0 Å². The first-order valence-electron chi connectivity index (χ1n) is 6.60. The second-order valence-corrected chi connectivity index (χ2v) is 6.91. The van der Waals surface area contributed by atoms with Gasteiger partial charge in [-0.05, 0) is 50.2 Å². The van der Waals surface area contributed by atoms with E-state index in [2.05, 4.69) is 6.58 Å². The molecule has 0 atom stereocenters. The molecule has 0 saturated heterocycles. The largest absolute Gasteiger partial charge is 0.423 e. The Bertz CT molecular complexity index is 801. The summed E-state index contributed by atoms with van der Waals surface area (Å²) in [6.45, 7) is 6.91. The Kier molecular flexibility index (Phi) is 4.47. The number of aryl methyl sites for hydroxylation is 1. The highest BCUT2D eigenvalue weighted by Crippen LogP contribution is 2.23. The van der Waals surface area contributed by atoms with Crippen LogP contribution in [-0.2, 0) is 14.6 Å². The molecule has 2 aromatic rings. The summed E-state index contributed by atoms with van der Waals surface area (Å²) in [5, 5.41) is 0. The van der Waals surface area contributed by atoms with Gasteiger partial charge in [0, 0.05) is 5.57 Å². The first-order chi connectivity index (χ1) is 10.3. The Hall–Kier alpha value is -2.40. The molecule has 2 aromatic carbocycles. The van der Waals surface area contributed by atoms with Gasteiger partial charge >= 0.3 is 5.97 Å². The Morgan fingerprint density at radius 2 is 1.41 bits per heavy atom. The minimum atomic E-state index is -3.58. The molecule has 4 nitrogen and oxygen atoms in total. The quantitative estimate of drug-likeness (QED) is 0.493. The standard InChI is InChI=1S/C17H16O4S/c1-12(2)17(18)21-14-6-10-16(11-7-14)22(19,20)15-8-4-13(3)5-9-15/h4-11H,1H2,2-3H3. The number of ether oxygens (including phenoxy) is 1. The van der Waals surface area contributed by atoms with Crippen molar-refractivity contribution in [1.82, 2.24) is 0 Å². The maximum atomic E-state index is 12.5. The van der Waals surface area contributed by atoms with Crippen molar-refractivity contribution >= 4 is 15.8 Å². The molecule has 5 heteroatoms. The number of rotatable bonds is 4. The molecule has 0 bridgehead atoms. The zero-order chi connectivity index (χ0) is 16.3. The van der Waals surface area contributed by atoms with E-state index < -0.39 is 15.8 Å². The van der Waals surface area contributed by atoms with Crippen LogP contribution in [0.2, 0.25) is 0 Å². The molecular formula is C17H16O4S. The minimum absolute atomic E-state index is 0.145. The summed E-state index contributed by atoms with van der Waals surface area (Å²) in [5.41, 5.74) is 1.26. The molecule has 0 aliphatic heterocycles. The average Bonchev–Trinajstić information content (AvgIpc) is 2.48. The molecule has 0 radical (unpaired) electrons. The lowest BCUT2D eigenvalue weighted by atomic mass is 10.2. The van der Waals surface area contributed by atoms with Gasteiger partial charge in [-0.25, -0.2) is 13.2 Å². The predicted molar refractivity (Wildman–Crippen MR) is 83.5 cm³/mol. The van der Waals surface area contributed by atoms with E-state index in [4.69, 9.17) is 4.74 Å². The third-order valence-electron chi connectivity index (χ3n) is 3.02. The Morgan fingerprint density at radius 1 is 0.955 bits per heavy atom. The number of hydrogen-bond acceptors (Lipinski definition) is 4. The Balaban J connectivity index is 2.28. The highest BCUT2D eigenvalue weighted by Gasteiger charge is 2.17. The van der Waals surface area contributed by atoms with Crippen LogP contribution in [0.25, 0.3) is 0 Å². The van der Waals surface area contributed by atoms with Gasteiger partial charge in [-0.1, -0.05) is 24.3 Å². The number of sulfone groups is 1. The molecule has 0 spiro atoms. The molecule has 0 aliphatic rings. The van der Waals surface area contributed by atoms with E-state index in [-0.39, 0.29) is 21.1 Å². The first-order valence-corrected chi connectivity index (χ1v) is 8.08. The van der Waals surface area contributed by atoms with Gasteiger partial charge in [0.05, 0.1) is 9.79 Å². The molecular weight excluding hydrogens is 300 g/mol. The molecule has 22 heavy (non-hydrogen) atoms. The van der Waals surface area contributed by atoms with Gasteiger partial charge in [0.2, 0.25) is 9.84 Å². The van der Waals surface area contributed by atoms with Crippen molar-refractivity contribution in [2.75, 3.05) is 0 Å². The maximum absolute atomic E-state index is 12.5. The topological polar surface area (TPSA) is 60.4 Å². The molecule has 0 unspecified atom stereocenters. The van der Waals surface area contributed by atoms with Gasteiger partial charge in [-0.15, -0.1) is 0 Å². The van der Waals surface area contributed by atoms with Crippen LogP contribution in [0, 0.1) is 6.92 Å². The molecule has 0 aliphatic carbocycles. The van der Waals surface area contributed by atoms with E-state index in [0.29, 0.717) is 0 Å². The van der Waals surface area contributed by atoms with Crippen LogP contribution in [0.5, 0.6) is 5.75 Å². The molecule has 114 valence electrons. The van der Waals surface area contributed by atoms with Crippen LogP contribution in [0.3, 0.4) is 0 Å². The second kappa shape index (κ2) is 6.15. The predicted octanol–water partition coefficient (Wildman–Crippen LogP) is 3.31. The number of carbonyl (C=O) groups excluding carboxylic acids is 1. The molecule has 0 N–H and O–H groups in total. The third-order valence-corrected chi connectivity index (χ3v) is 4.81. The van der Waals surface area contributed by atoms with Crippen LogP contribution in [0.15, 0.2) is 70.5 Å². The summed E-state index contributed by atoms with van der Waals surface area (Å²) in [4.78, 5) is 11.8. The van der Waals surface area contributed by atoms with Gasteiger partial charge in [0.25, 0.3) is 0 Å². The van der Waals surface area contributed by atoms with E-state index >= 15 is 0 Å². The van der Waals surface area contributed by atoms with Crippen LogP contribution in [-0.4, -0.2) is 14.4 Å². The number of benzene rings is 2. The zero-order valence-corrected chi connectivity index (χ0v) is 13.2. The first kappa shape index (κ1) is 16.0. The van der Waals surface area contributed by atoms with Gasteiger partial charge < -0.3 is 4.74 Å². The fourth-order valence-corrected chi connectivity index (χ4v) is 3.00. The lowest BCUT2D eigenvalue weighted by Gasteiger charge is -2.07. The van der Waals surface area contributed by atoms with Gasteiger partial charge in [0.1, 0.15) is 5.75 Å².